The van der Waals surface area contributed by atoms with Crippen molar-refractivity contribution in [2.45, 2.75) is 36.8 Å². The Bertz CT molecular complexity index is 1310. The molecule has 0 bridgehead atoms. The van der Waals surface area contributed by atoms with Crippen LogP contribution in [0.4, 0.5) is 8.78 Å². The van der Waals surface area contributed by atoms with E-state index in [0.29, 0.717) is 30.4 Å². The molecule has 2 aromatic rings. The van der Waals surface area contributed by atoms with Gasteiger partial charge in [0.1, 0.15) is 17.7 Å². The van der Waals surface area contributed by atoms with Crippen LogP contribution in [0.25, 0.3) is 0 Å². The van der Waals surface area contributed by atoms with Gasteiger partial charge in [-0.15, -0.1) is 6.58 Å². The van der Waals surface area contributed by atoms with E-state index in [2.05, 4.69) is 11.9 Å². The molecule has 0 unspecified atom stereocenters. The number of carbonyl (C=O) groups is 3. The Morgan fingerprint density at radius 2 is 1.92 bits per heavy atom. The summed E-state index contributed by atoms with van der Waals surface area (Å²) in [4.78, 5) is 40.7. The standard InChI is InChI=1S/C28H28ClF2N3O4/c1-2-15-8-23(25(35)33-24(17-13-38-14-17)19-10-22(31)20(29)11-21(19)30)34(12-15)26(36)16-4-3-5-18(9-16)28(6-7-28)27(32)37/h2-5,9-11,15,17,23-24H,1,6-8,12-14H2,(H2,32,37)(H,33,35)/t15-,23-,24-/m1/s1. The second-order valence-corrected chi connectivity index (χ2v) is 10.7. The van der Waals surface area contributed by atoms with Crippen LogP contribution in [0.1, 0.15) is 46.8 Å². The van der Waals surface area contributed by atoms with Crippen molar-refractivity contribution in [2.24, 2.45) is 17.6 Å². The number of nitrogens with one attached hydrogen (secondary N) is 1. The molecule has 200 valence electrons. The van der Waals surface area contributed by atoms with E-state index < -0.39 is 40.9 Å². The monoisotopic (exact) mass is 543 g/mol. The summed E-state index contributed by atoms with van der Waals surface area (Å²) in [6.07, 6.45) is 3.28. The third kappa shape index (κ3) is 4.69. The van der Waals surface area contributed by atoms with Gasteiger partial charge in [0.15, 0.2) is 0 Å². The molecule has 0 spiro atoms. The van der Waals surface area contributed by atoms with Crippen LogP contribution in [-0.4, -0.2) is 48.4 Å². The normalized spacial score (nSPS) is 22.9. The number of halogens is 3. The van der Waals surface area contributed by atoms with Gasteiger partial charge in [-0.2, -0.15) is 0 Å². The number of primary amides is 1. The van der Waals surface area contributed by atoms with Crippen molar-refractivity contribution in [3.05, 3.63) is 82.4 Å². The van der Waals surface area contributed by atoms with Gasteiger partial charge in [0, 0.05) is 23.6 Å². The zero-order valence-corrected chi connectivity index (χ0v) is 21.3. The van der Waals surface area contributed by atoms with E-state index >= 15 is 0 Å². The molecule has 2 saturated heterocycles. The van der Waals surface area contributed by atoms with Gasteiger partial charge in [-0.3, -0.25) is 14.4 Å². The van der Waals surface area contributed by atoms with Crippen molar-refractivity contribution in [3.8, 4) is 0 Å². The molecule has 2 aliphatic heterocycles. The maximum Gasteiger partial charge on any atom is 0.254 e. The van der Waals surface area contributed by atoms with Crippen molar-refractivity contribution < 1.29 is 27.9 Å². The molecule has 2 heterocycles. The van der Waals surface area contributed by atoms with Crippen LogP contribution in [0, 0.1) is 23.5 Å². The first-order valence-corrected chi connectivity index (χ1v) is 12.9. The number of ether oxygens (including phenoxy) is 1. The molecular formula is C28H28ClF2N3O4. The minimum absolute atomic E-state index is 0.0291. The Morgan fingerprint density at radius 3 is 2.53 bits per heavy atom. The van der Waals surface area contributed by atoms with Crippen LogP contribution in [0.2, 0.25) is 5.02 Å². The fraction of sp³-hybridized carbons (Fsp3) is 0.393. The molecule has 3 aliphatic rings. The zero-order valence-electron chi connectivity index (χ0n) is 20.6. The average Bonchev–Trinajstić information content (AvgIpc) is 3.57. The SMILES string of the molecule is C=C[C@@H]1C[C@H](C(=O)N[C@@H](c2cc(F)c(Cl)cc2F)C2COC2)N(C(=O)c2cccc(C3(C(N)=O)CC3)c2)C1. The zero-order chi connectivity index (χ0) is 27.2. The predicted molar refractivity (Wildman–Crippen MR) is 136 cm³/mol. The largest absolute Gasteiger partial charge is 0.381 e. The predicted octanol–water partition coefficient (Wildman–Crippen LogP) is 3.66. The maximum atomic E-state index is 14.8. The summed E-state index contributed by atoms with van der Waals surface area (Å²) in [7, 11) is 0. The van der Waals surface area contributed by atoms with Crippen molar-refractivity contribution in [1.29, 1.82) is 0 Å². The van der Waals surface area contributed by atoms with Gasteiger partial charge in [-0.1, -0.05) is 29.8 Å². The first-order valence-electron chi connectivity index (χ1n) is 12.5. The topological polar surface area (TPSA) is 102 Å². The second-order valence-electron chi connectivity index (χ2n) is 10.3. The van der Waals surface area contributed by atoms with Gasteiger partial charge in [-0.05, 0) is 55.0 Å². The maximum absolute atomic E-state index is 14.8. The lowest BCUT2D eigenvalue weighted by Crippen LogP contribution is -2.50. The van der Waals surface area contributed by atoms with E-state index in [1.165, 1.54) is 4.90 Å². The van der Waals surface area contributed by atoms with E-state index in [0.717, 1.165) is 12.1 Å². The first-order chi connectivity index (χ1) is 18.1. The van der Waals surface area contributed by atoms with E-state index in [1.54, 1.807) is 30.3 Å². The molecule has 1 aliphatic carbocycles. The number of nitrogens with two attached hydrogens (primary N) is 1. The van der Waals surface area contributed by atoms with E-state index in [-0.39, 0.29) is 48.1 Å². The van der Waals surface area contributed by atoms with E-state index in [4.69, 9.17) is 22.1 Å². The third-order valence-electron chi connectivity index (χ3n) is 7.92. The molecule has 3 fully saturated rings. The van der Waals surface area contributed by atoms with Crippen molar-refractivity contribution in [3.63, 3.8) is 0 Å². The molecule has 5 rings (SSSR count). The Balaban J connectivity index is 1.41. The molecule has 3 atom stereocenters. The van der Waals surface area contributed by atoms with Crippen LogP contribution in [-0.2, 0) is 19.7 Å². The molecule has 0 aromatic heterocycles. The number of hydrogen-bond donors (Lipinski definition) is 2. The minimum Gasteiger partial charge on any atom is -0.381 e. The molecule has 7 nitrogen and oxygen atoms in total. The molecule has 2 aromatic carbocycles. The van der Waals surface area contributed by atoms with Gasteiger partial charge < -0.3 is 20.7 Å². The quantitative estimate of drug-likeness (QED) is 0.392. The summed E-state index contributed by atoms with van der Waals surface area (Å²) < 4.78 is 34.3. The average molecular weight is 544 g/mol. The highest BCUT2D eigenvalue weighted by molar-refractivity contribution is 6.30. The van der Waals surface area contributed by atoms with Gasteiger partial charge in [0.2, 0.25) is 11.8 Å². The van der Waals surface area contributed by atoms with Gasteiger partial charge in [0.05, 0.1) is 29.7 Å². The Kier molecular flexibility index (Phi) is 7.00. The third-order valence-corrected chi connectivity index (χ3v) is 8.21. The summed E-state index contributed by atoms with van der Waals surface area (Å²) in [5, 5.41) is 2.50. The Hall–Kier alpha value is -3.30. The molecule has 10 heteroatoms. The Morgan fingerprint density at radius 1 is 1.18 bits per heavy atom. The lowest BCUT2D eigenvalue weighted by molar-refractivity contribution is -0.128. The number of benzene rings is 2. The van der Waals surface area contributed by atoms with E-state index in [9.17, 15) is 23.2 Å². The Labute approximate surface area is 224 Å². The van der Waals surface area contributed by atoms with Crippen molar-refractivity contribution in [2.75, 3.05) is 19.8 Å². The van der Waals surface area contributed by atoms with Crippen LogP contribution in [0.3, 0.4) is 0 Å². The highest BCUT2D eigenvalue weighted by atomic mass is 35.5. The fourth-order valence-corrected chi connectivity index (χ4v) is 5.50. The second kappa shape index (κ2) is 10.1. The number of amides is 3. The lowest BCUT2D eigenvalue weighted by atomic mass is 9.90. The summed E-state index contributed by atoms with van der Waals surface area (Å²) in [6, 6.07) is 6.93. The minimum atomic E-state index is -0.864. The van der Waals surface area contributed by atoms with Gasteiger partial charge in [0.25, 0.3) is 5.91 Å². The van der Waals surface area contributed by atoms with E-state index in [1.807, 2.05) is 0 Å². The van der Waals surface area contributed by atoms with Crippen LogP contribution < -0.4 is 11.1 Å². The summed E-state index contributed by atoms with van der Waals surface area (Å²) in [6.45, 7) is 4.63. The summed E-state index contributed by atoms with van der Waals surface area (Å²) >= 11 is 5.73. The highest BCUT2D eigenvalue weighted by Gasteiger charge is 2.50. The number of carbonyl (C=O) groups excluding carboxylic acids is 3. The van der Waals surface area contributed by atoms with Gasteiger partial charge >= 0.3 is 0 Å². The highest BCUT2D eigenvalue weighted by Crippen LogP contribution is 2.48. The van der Waals surface area contributed by atoms with Crippen LogP contribution in [0.15, 0.2) is 49.1 Å². The summed E-state index contributed by atoms with van der Waals surface area (Å²) in [5.41, 5.74) is 5.85. The number of likely N-dealkylation sites (tertiary alicyclic amines) is 1. The van der Waals surface area contributed by atoms with Crippen LogP contribution >= 0.6 is 11.6 Å². The number of rotatable bonds is 8. The van der Waals surface area contributed by atoms with Crippen molar-refractivity contribution >= 4 is 29.3 Å². The first kappa shape index (κ1) is 26.3. The summed E-state index contributed by atoms with van der Waals surface area (Å²) in [5.74, 6) is -3.22. The smallest absolute Gasteiger partial charge is 0.254 e. The molecule has 3 amide bonds. The fourth-order valence-electron chi connectivity index (χ4n) is 5.35. The van der Waals surface area contributed by atoms with Crippen molar-refractivity contribution in [1.82, 2.24) is 10.2 Å². The van der Waals surface area contributed by atoms with Crippen LogP contribution in [0.5, 0.6) is 0 Å². The molecule has 1 saturated carbocycles. The molecule has 0 radical (unpaired) electrons. The van der Waals surface area contributed by atoms with Gasteiger partial charge in [-0.25, -0.2) is 8.78 Å². The molecule has 38 heavy (non-hydrogen) atoms. The molecular weight excluding hydrogens is 516 g/mol. The number of hydrogen-bond acceptors (Lipinski definition) is 4. The lowest BCUT2D eigenvalue weighted by Gasteiger charge is -2.36. The molecule has 3 N–H and O–H groups in total. The number of nitrogens with zero attached hydrogens (tertiary/aromatic N) is 1.